The summed E-state index contributed by atoms with van der Waals surface area (Å²) in [4.78, 5) is 29.8. The predicted molar refractivity (Wildman–Crippen MR) is 164 cm³/mol. The number of hydrogen-bond acceptors (Lipinski definition) is 7. The van der Waals surface area contributed by atoms with Crippen molar-refractivity contribution in [3.63, 3.8) is 0 Å². The third-order valence-corrected chi connectivity index (χ3v) is 7.32. The first-order valence-electron chi connectivity index (χ1n) is 12.6. The van der Waals surface area contributed by atoms with Crippen molar-refractivity contribution < 1.29 is 19.1 Å². The molecule has 3 aromatic rings. The van der Waals surface area contributed by atoms with Crippen molar-refractivity contribution in [3.05, 3.63) is 82.8 Å². The number of amides is 2. The van der Waals surface area contributed by atoms with Crippen LogP contribution in [0.4, 0.5) is 17.1 Å². The monoisotopic (exact) mass is 561 g/mol. The molecule has 0 aliphatic carbocycles. The van der Waals surface area contributed by atoms with Crippen LogP contribution < -0.4 is 24.6 Å². The first-order chi connectivity index (χ1) is 18.8. The number of benzene rings is 3. The molecule has 2 amide bonds. The van der Waals surface area contributed by atoms with Gasteiger partial charge in [-0.25, -0.2) is 0 Å². The first kappa shape index (κ1) is 28.2. The fourth-order valence-electron chi connectivity index (χ4n) is 4.02. The molecule has 9 heteroatoms. The minimum atomic E-state index is -0.260. The lowest BCUT2D eigenvalue weighted by atomic mass is 10.1. The molecule has 7 nitrogen and oxygen atoms in total. The molecule has 0 aromatic heterocycles. The summed E-state index contributed by atoms with van der Waals surface area (Å²) < 4.78 is 12.1. The SMILES string of the molecule is CCOc1cc(/C=C2\SC(=S)N(c3ccc(N(C)C)cc3)C2=O)ccc1OCC(=O)Nc1ccccc1CC. The zero-order valence-corrected chi connectivity index (χ0v) is 24.0. The maximum atomic E-state index is 13.2. The van der Waals surface area contributed by atoms with Crippen molar-refractivity contribution >= 4 is 63.3 Å². The number of nitrogens with zero attached hydrogens (tertiary/aromatic N) is 2. The predicted octanol–water partition coefficient (Wildman–Crippen LogP) is 6.14. The molecule has 1 saturated heterocycles. The minimum Gasteiger partial charge on any atom is -0.490 e. The van der Waals surface area contributed by atoms with E-state index in [9.17, 15) is 9.59 Å². The molecule has 0 spiro atoms. The summed E-state index contributed by atoms with van der Waals surface area (Å²) in [6, 6.07) is 20.7. The van der Waals surface area contributed by atoms with Gasteiger partial charge in [-0.15, -0.1) is 0 Å². The molecule has 0 unspecified atom stereocenters. The van der Waals surface area contributed by atoms with Gasteiger partial charge >= 0.3 is 0 Å². The van der Waals surface area contributed by atoms with Crippen LogP contribution in [0.2, 0.25) is 0 Å². The Morgan fingerprint density at radius 3 is 2.46 bits per heavy atom. The molecule has 3 aromatic carbocycles. The van der Waals surface area contributed by atoms with E-state index in [-0.39, 0.29) is 18.4 Å². The normalized spacial score (nSPS) is 14.1. The summed E-state index contributed by atoms with van der Waals surface area (Å²) in [6.07, 6.45) is 2.60. The standard InChI is InChI=1S/C30H31N3O4S2/c1-5-21-9-7-8-10-24(21)31-28(34)19-37-25-16-11-20(17-26(25)36-6-2)18-27-29(35)33(30(38)39-27)23-14-12-22(13-15-23)32(3)4/h7-18H,5-6,19H2,1-4H3,(H,31,34)/b27-18-. The fraction of sp³-hybridized carbons (Fsp3) is 0.233. The molecule has 1 heterocycles. The third kappa shape index (κ3) is 6.79. The number of thioether (sulfide) groups is 1. The molecule has 202 valence electrons. The van der Waals surface area contributed by atoms with E-state index in [0.717, 1.165) is 34.6 Å². The van der Waals surface area contributed by atoms with E-state index in [0.29, 0.717) is 27.3 Å². The van der Waals surface area contributed by atoms with E-state index in [1.807, 2.05) is 87.4 Å². The Morgan fingerprint density at radius 1 is 1.03 bits per heavy atom. The Labute approximate surface area is 238 Å². The molecule has 0 atom stereocenters. The Bertz CT molecular complexity index is 1400. The third-order valence-electron chi connectivity index (χ3n) is 6.01. The Morgan fingerprint density at radius 2 is 1.77 bits per heavy atom. The van der Waals surface area contributed by atoms with E-state index in [2.05, 4.69) is 5.32 Å². The maximum Gasteiger partial charge on any atom is 0.270 e. The largest absolute Gasteiger partial charge is 0.490 e. The van der Waals surface area contributed by atoms with Crippen molar-refractivity contribution in [2.45, 2.75) is 20.3 Å². The van der Waals surface area contributed by atoms with Crippen LogP contribution >= 0.6 is 24.0 Å². The van der Waals surface area contributed by atoms with Gasteiger partial charge in [-0.3, -0.25) is 14.5 Å². The summed E-state index contributed by atoms with van der Waals surface area (Å²) >= 11 is 6.78. The second kappa shape index (κ2) is 12.8. The lowest BCUT2D eigenvalue weighted by molar-refractivity contribution is -0.118. The Balaban J connectivity index is 1.47. The first-order valence-corrected chi connectivity index (χ1v) is 13.9. The van der Waals surface area contributed by atoms with Gasteiger partial charge in [0.2, 0.25) is 0 Å². The summed E-state index contributed by atoms with van der Waals surface area (Å²) in [5, 5.41) is 2.90. The van der Waals surface area contributed by atoms with Gasteiger partial charge < -0.3 is 19.7 Å². The molecule has 0 saturated carbocycles. The highest BCUT2D eigenvalue weighted by Gasteiger charge is 2.33. The summed E-state index contributed by atoms with van der Waals surface area (Å²) in [5.41, 5.74) is 4.36. The van der Waals surface area contributed by atoms with E-state index >= 15 is 0 Å². The van der Waals surface area contributed by atoms with Crippen LogP contribution in [0.25, 0.3) is 6.08 Å². The summed E-state index contributed by atoms with van der Waals surface area (Å²) in [7, 11) is 3.93. The smallest absolute Gasteiger partial charge is 0.270 e. The summed E-state index contributed by atoms with van der Waals surface area (Å²) in [5.74, 6) is 0.499. The number of thiocarbonyl (C=S) groups is 1. The van der Waals surface area contributed by atoms with Crippen LogP contribution in [0.3, 0.4) is 0 Å². The van der Waals surface area contributed by atoms with Gasteiger partial charge in [0.25, 0.3) is 11.8 Å². The molecule has 1 N–H and O–H groups in total. The minimum absolute atomic E-state index is 0.164. The number of carbonyl (C=O) groups excluding carboxylic acids is 2. The highest BCUT2D eigenvalue weighted by Crippen LogP contribution is 2.37. The maximum absolute atomic E-state index is 13.2. The molecular formula is C30H31N3O4S2. The van der Waals surface area contributed by atoms with Crippen molar-refractivity contribution in [2.75, 3.05) is 42.4 Å². The van der Waals surface area contributed by atoms with Gasteiger partial charge in [-0.1, -0.05) is 55.2 Å². The van der Waals surface area contributed by atoms with Crippen LogP contribution in [0, 0.1) is 0 Å². The second-order valence-corrected chi connectivity index (χ2v) is 10.6. The van der Waals surface area contributed by atoms with Crippen LogP contribution in [-0.2, 0) is 16.0 Å². The van der Waals surface area contributed by atoms with Crippen molar-refractivity contribution in [2.24, 2.45) is 0 Å². The lowest BCUT2D eigenvalue weighted by Gasteiger charge is -2.17. The molecule has 0 bridgehead atoms. The van der Waals surface area contributed by atoms with Gasteiger partial charge in [0.15, 0.2) is 22.4 Å². The van der Waals surface area contributed by atoms with Crippen molar-refractivity contribution in [1.82, 2.24) is 0 Å². The quantitative estimate of drug-likeness (QED) is 0.236. The van der Waals surface area contributed by atoms with Crippen LogP contribution in [0.5, 0.6) is 11.5 Å². The molecule has 4 rings (SSSR count). The highest BCUT2D eigenvalue weighted by molar-refractivity contribution is 8.27. The average Bonchev–Trinajstić information content (AvgIpc) is 3.20. The Hall–Kier alpha value is -3.82. The topological polar surface area (TPSA) is 71.1 Å². The van der Waals surface area contributed by atoms with E-state index in [1.165, 1.54) is 11.8 Å². The van der Waals surface area contributed by atoms with E-state index in [4.69, 9.17) is 21.7 Å². The van der Waals surface area contributed by atoms with Crippen LogP contribution in [-0.4, -0.2) is 43.4 Å². The number of ether oxygens (including phenoxy) is 2. The van der Waals surface area contributed by atoms with Crippen LogP contribution in [0.15, 0.2) is 71.6 Å². The van der Waals surface area contributed by atoms with Gasteiger partial charge in [0.1, 0.15) is 0 Å². The number of anilines is 3. The van der Waals surface area contributed by atoms with Crippen LogP contribution in [0.1, 0.15) is 25.0 Å². The van der Waals surface area contributed by atoms with Crippen molar-refractivity contribution in [1.29, 1.82) is 0 Å². The number of rotatable bonds is 10. The number of nitrogens with one attached hydrogen (secondary N) is 1. The molecule has 1 aliphatic rings. The average molecular weight is 562 g/mol. The summed E-state index contributed by atoms with van der Waals surface area (Å²) in [6.45, 7) is 4.17. The number of hydrogen-bond donors (Lipinski definition) is 1. The zero-order chi connectivity index (χ0) is 27.9. The molecule has 1 fully saturated rings. The zero-order valence-electron chi connectivity index (χ0n) is 22.4. The van der Waals surface area contributed by atoms with E-state index < -0.39 is 0 Å². The Kier molecular flexibility index (Phi) is 9.27. The number of aryl methyl sites for hydroxylation is 1. The molecule has 0 radical (unpaired) electrons. The van der Waals surface area contributed by atoms with Gasteiger partial charge in [0, 0.05) is 25.5 Å². The number of carbonyl (C=O) groups is 2. The van der Waals surface area contributed by atoms with Gasteiger partial charge in [0.05, 0.1) is 17.2 Å². The fourth-order valence-corrected chi connectivity index (χ4v) is 5.32. The van der Waals surface area contributed by atoms with Crippen molar-refractivity contribution in [3.8, 4) is 11.5 Å². The molecule has 39 heavy (non-hydrogen) atoms. The van der Waals surface area contributed by atoms with E-state index in [1.54, 1.807) is 23.1 Å². The molecule has 1 aliphatic heterocycles. The van der Waals surface area contributed by atoms with Gasteiger partial charge in [-0.05, 0) is 73.0 Å². The van der Waals surface area contributed by atoms with Gasteiger partial charge in [-0.2, -0.15) is 0 Å². The lowest BCUT2D eigenvalue weighted by Crippen LogP contribution is -2.27. The molecular weight excluding hydrogens is 530 g/mol. The second-order valence-electron chi connectivity index (χ2n) is 8.91. The number of para-hydroxylation sites is 1. The highest BCUT2D eigenvalue weighted by atomic mass is 32.2.